The molecule has 1 aliphatic heterocycles. The third-order valence-electron chi connectivity index (χ3n) is 5.67. The zero-order valence-electron chi connectivity index (χ0n) is 20.8. The SMILES string of the molecule is CCNc1ccc(C(C)=O)cc1N=C1S/C(=C\N(C)Cc2ccccc2)C(=O)N1Cc1ccccc1. The summed E-state index contributed by atoms with van der Waals surface area (Å²) in [5.41, 5.74) is 4.22. The molecule has 0 atom stereocenters. The molecule has 1 N–H and O–H groups in total. The molecule has 4 rings (SSSR count). The number of nitrogens with zero attached hydrogens (tertiary/aromatic N) is 3. The number of thioether (sulfide) groups is 1. The van der Waals surface area contributed by atoms with Crippen LogP contribution < -0.4 is 5.32 Å². The predicted molar refractivity (Wildman–Crippen MR) is 148 cm³/mol. The lowest BCUT2D eigenvalue weighted by atomic mass is 10.1. The van der Waals surface area contributed by atoms with Crippen LogP contribution in [0.15, 0.2) is 95.0 Å². The summed E-state index contributed by atoms with van der Waals surface area (Å²) in [6.45, 7) is 5.36. The fraction of sp³-hybridized carbons (Fsp3) is 0.207. The van der Waals surface area contributed by atoms with E-state index in [-0.39, 0.29) is 11.7 Å². The van der Waals surface area contributed by atoms with Crippen LogP contribution >= 0.6 is 11.8 Å². The van der Waals surface area contributed by atoms with Crippen molar-refractivity contribution in [2.75, 3.05) is 18.9 Å². The molecule has 1 aliphatic rings. The highest BCUT2D eigenvalue weighted by Gasteiger charge is 2.34. The van der Waals surface area contributed by atoms with Crippen molar-refractivity contribution >= 4 is 40.0 Å². The van der Waals surface area contributed by atoms with Gasteiger partial charge in [0.25, 0.3) is 5.91 Å². The van der Waals surface area contributed by atoms with Crippen LogP contribution in [0, 0.1) is 0 Å². The van der Waals surface area contributed by atoms with Gasteiger partial charge in [0.15, 0.2) is 11.0 Å². The Labute approximate surface area is 216 Å². The summed E-state index contributed by atoms with van der Waals surface area (Å²) in [4.78, 5) is 34.8. The summed E-state index contributed by atoms with van der Waals surface area (Å²) >= 11 is 1.35. The maximum Gasteiger partial charge on any atom is 0.268 e. The van der Waals surface area contributed by atoms with Gasteiger partial charge in [-0.25, -0.2) is 4.99 Å². The molecule has 1 heterocycles. The van der Waals surface area contributed by atoms with Crippen molar-refractivity contribution in [2.24, 2.45) is 4.99 Å². The van der Waals surface area contributed by atoms with Gasteiger partial charge in [-0.15, -0.1) is 0 Å². The molecule has 7 heteroatoms. The van der Waals surface area contributed by atoms with Crippen molar-refractivity contribution in [2.45, 2.75) is 26.9 Å². The van der Waals surface area contributed by atoms with Crippen LogP contribution in [0.3, 0.4) is 0 Å². The average molecular weight is 499 g/mol. The van der Waals surface area contributed by atoms with E-state index in [2.05, 4.69) is 17.4 Å². The van der Waals surface area contributed by atoms with E-state index in [1.54, 1.807) is 17.0 Å². The van der Waals surface area contributed by atoms with E-state index >= 15 is 0 Å². The molecule has 3 aromatic rings. The van der Waals surface area contributed by atoms with Gasteiger partial charge in [0.1, 0.15) is 0 Å². The van der Waals surface area contributed by atoms with Gasteiger partial charge in [0.05, 0.1) is 22.8 Å². The van der Waals surface area contributed by atoms with Crippen molar-refractivity contribution in [3.63, 3.8) is 0 Å². The number of hydrogen-bond acceptors (Lipinski definition) is 6. The highest BCUT2D eigenvalue weighted by molar-refractivity contribution is 8.18. The van der Waals surface area contributed by atoms with Gasteiger partial charge in [-0.3, -0.25) is 14.5 Å². The Kier molecular flexibility index (Phi) is 8.23. The van der Waals surface area contributed by atoms with Gasteiger partial charge in [0.2, 0.25) is 0 Å². The van der Waals surface area contributed by atoms with Crippen molar-refractivity contribution in [1.82, 2.24) is 9.80 Å². The molecule has 1 fully saturated rings. The molecule has 1 amide bonds. The first kappa shape index (κ1) is 25.3. The van der Waals surface area contributed by atoms with Gasteiger partial charge < -0.3 is 10.2 Å². The Bertz CT molecular complexity index is 1290. The molecular formula is C29H30N4O2S. The quantitative estimate of drug-likeness (QED) is 0.287. The van der Waals surface area contributed by atoms with Crippen LogP contribution in [0.4, 0.5) is 11.4 Å². The number of nitrogens with one attached hydrogen (secondary N) is 1. The van der Waals surface area contributed by atoms with Gasteiger partial charge >= 0.3 is 0 Å². The zero-order chi connectivity index (χ0) is 25.5. The minimum atomic E-state index is -0.0877. The predicted octanol–water partition coefficient (Wildman–Crippen LogP) is 6.06. The summed E-state index contributed by atoms with van der Waals surface area (Å²) in [6.07, 6.45) is 1.89. The molecule has 0 unspecified atom stereocenters. The Morgan fingerprint density at radius 1 is 1.03 bits per heavy atom. The number of carbonyl (C=O) groups is 2. The number of amides is 1. The average Bonchev–Trinajstić information content (AvgIpc) is 3.15. The van der Waals surface area contributed by atoms with Crippen molar-refractivity contribution < 1.29 is 9.59 Å². The number of rotatable bonds is 9. The van der Waals surface area contributed by atoms with E-state index in [1.807, 2.05) is 79.7 Å². The first-order valence-corrected chi connectivity index (χ1v) is 12.7. The van der Waals surface area contributed by atoms with Crippen LogP contribution in [-0.2, 0) is 17.9 Å². The largest absolute Gasteiger partial charge is 0.384 e. The highest BCUT2D eigenvalue weighted by Crippen LogP contribution is 2.36. The van der Waals surface area contributed by atoms with Crippen molar-refractivity contribution in [3.8, 4) is 0 Å². The summed E-state index contributed by atoms with van der Waals surface area (Å²) in [5.74, 6) is -0.117. The number of amidine groups is 1. The van der Waals surface area contributed by atoms with Crippen molar-refractivity contribution in [1.29, 1.82) is 0 Å². The molecule has 0 aliphatic carbocycles. The van der Waals surface area contributed by atoms with E-state index in [9.17, 15) is 9.59 Å². The molecule has 1 saturated heterocycles. The number of carbonyl (C=O) groups excluding carboxylic acids is 2. The number of ketones is 1. The molecule has 0 bridgehead atoms. The summed E-state index contributed by atoms with van der Waals surface area (Å²) in [5, 5.41) is 3.89. The number of anilines is 1. The maximum absolute atomic E-state index is 13.5. The second-order valence-electron chi connectivity index (χ2n) is 8.59. The summed E-state index contributed by atoms with van der Waals surface area (Å²) in [7, 11) is 1.96. The number of aliphatic imine (C=N–C) groups is 1. The van der Waals surface area contributed by atoms with E-state index < -0.39 is 0 Å². The highest BCUT2D eigenvalue weighted by atomic mass is 32.2. The minimum absolute atomic E-state index is 0.0288. The Hall–Kier alpha value is -3.84. The van der Waals surface area contributed by atoms with Gasteiger partial charge in [-0.2, -0.15) is 0 Å². The van der Waals surface area contributed by atoms with E-state index in [4.69, 9.17) is 4.99 Å². The van der Waals surface area contributed by atoms with Gasteiger partial charge in [-0.05, 0) is 54.9 Å². The number of hydrogen-bond donors (Lipinski definition) is 1. The topological polar surface area (TPSA) is 65.0 Å². The van der Waals surface area contributed by atoms with Crippen LogP contribution in [0.1, 0.15) is 35.3 Å². The standard InChI is InChI=1S/C29H30N4O2S/c1-4-30-25-16-15-24(21(2)34)17-26(25)31-29-33(19-23-13-9-6-10-14-23)28(35)27(36-29)20-32(3)18-22-11-7-5-8-12-22/h5-17,20,30H,4,18-19H2,1-3H3/b27-20-,31-29?. The summed E-state index contributed by atoms with van der Waals surface area (Å²) in [6, 6.07) is 25.5. The lowest BCUT2D eigenvalue weighted by Gasteiger charge is -2.17. The molecule has 0 saturated carbocycles. The van der Waals surface area contributed by atoms with Crippen LogP contribution in [0.5, 0.6) is 0 Å². The van der Waals surface area contributed by atoms with Crippen LogP contribution in [-0.4, -0.2) is 40.3 Å². The fourth-order valence-electron chi connectivity index (χ4n) is 3.89. The molecule has 0 radical (unpaired) electrons. The van der Waals surface area contributed by atoms with Gasteiger partial charge in [-0.1, -0.05) is 60.7 Å². The molecule has 6 nitrogen and oxygen atoms in total. The fourth-order valence-corrected chi connectivity index (χ4v) is 4.92. The third-order valence-corrected chi connectivity index (χ3v) is 6.67. The van der Waals surface area contributed by atoms with Crippen LogP contribution in [0.25, 0.3) is 0 Å². The molecule has 0 spiro atoms. The number of Topliss-reactive ketones (excluding diaryl/α,β-unsaturated/α-hetero) is 1. The normalized spacial score (nSPS) is 15.5. The lowest BCUT2D eigenvalue weighted by Crippen LogP contribution is -2.28. The van der Waals surface area contributed by atoms with E-state index in [0.717, 1.165) is 11.3 Å². The molecule has 0 aromatic heterocycles. The first-order valence-electron chi connectivity index (χ1n) is 11.9. The maximum atomic E-state index is 13.5. The molecule has 3 aromatic carbocycles. The smallest absolute Gasteiger partial charge is 0.268 e. The van der Waals surface area contributed by atoms with Crippen molar-refractivity contribution in [3.05, 3.63) is 107 Å². The second-order valence-corrected chi connectivity index (χ2v) is 9.59. The Morgan fingerprint density at radius 2 is 1.69 bits per heavy atom. The Balaban J connectivity index is 1.70. The van der Waals surface area contributed by atoms with E-state index in [0.29, 0.717) is 41.0 Å². The monoisotopic (exact) mass is 498 g/mol. The zero-order valence-corrected chi connectivity index (χ0v) is 21.6. The third kappa shape index (κ3) is 6.23. The van der Waals surface area contributed by atoms with E-state index in [1.165, 1.54) is 24.2 Å². The minimum Gasteiger partial charge on any atom is -0.384 e. The lowest BCUT2D eigenvalue weighted by molar-refractivity contribution is -0.122. The Morgan fingerprint density at radius 3 is 2.33 bits per heavy atom. The second kappa shape index (κ2) is 11.7. The molecular weight excluding hydrogens is 468 g/mol. The van der Waals surface area contributed by atoms with Gasteiger partial charge in [0, 0.05) is 31.9 Å². The molecule has 36 heavy (non-hydrogen) atoms. The summed E-state index contributed by atoms with van der Waals surface area (Å²) < 4.78 is 0. The van der Waals surface area contributed by atoms with Crippen LogP contribution in [0.2, 0.25) is 0 Å². The first-order chi connectivity index (χ1) is 17.4. The molecule has 184 valence electrons. The number of benzene rings is 3.